The molecule has 166 valence electrons. The normalized spacial score (nSPS) is 15.9. The number of carbonyl (C=O) groups excluding carboxylic acids is 2. The lowest BCUT2D eigenvalue weighted by Crippen LogP contribution is -2.40. The first-order chi connectivity index (χ1) is 15.6. The Hall–Kier alpha value is -3.68. The lowest BCUT2D eigenvalue weighted by atomic mass is 9.97. The topological polar surface area (TPSA) is 100 Å². The molecule has 2 aromatic heterocycles. The molecule has 1 atom stereocenters. The molecule has 1 unspecified atom stereocenters. The fourth-order valence-electron chi connectivity index (χ4n) is 4.03. The Morgan fingerprint density at radius 2 is 2.03 bits per heavy atom. The number of hydrogen-bond donors (Lipinski definition) is 2. The van der Waals surface area contributed by atoms with E-state index in [0.717, 1.165) is 42.2 Å². The highest BCUT2D eigenvalue weighted by Crippen LogP contribution is 2.30. The number of rotatable bonds is 6. The summed E-state index contributed by atoms with van der Waals surface area (Å²) in [5.41, 5.74) is 2.61. The van der Waals surface area contributed by atoms with Crippen LogP contribution in [0.1, 0.15) is 40.8 Å². The van der Waals surface area contributed by atoms with Crippen LogP contribution in [0.15, 0.2) is 48.7 Å². The molecule has 4 rings (SSSR count). The smallest absolute Gasteiger partial charge is 0.269 e. The van der Waals surface area contributed by atoms with Crippen LogP contribution in [0, 0.1) is 0 Å². The van der Waals surface area contributed by atoms with Gasteiger partial charge < -0.3 is 19.9 Å². The van der Waals surface area contributed by atoms with Gasteiger partial charge in [-0.05, 0) is 49.2 Å². The van der Waals surface area contributed by atoms with Crippen LogP contribution in [0.3, 0.4) is 0 Å². The van der Waals surface area contributed by atoms with Gasteiger partial charge in [0.1, 0.15) is 23.0 Å². The van der Waals surface area contributed by atoms with Crippen LogP contribution in [0.5, 0.6) is 5.75 Å². The van der Waals surface area contributed by atoms with Gasteiger partial charge in [-0.15, -0.1) is 0 Å². The number of methoxy groups -OCH3 is 1. The zero-order valence-corrected chi connectivity index (χ0v) is 18.3. The van der Waals surface area contributed by atoms with Crippen molar-refractivity contribution >= 4 is 11.8 Å². The third kappa shape index (κ3) is 4.64. The first-order valence-corrected chi connectivity index (χ1v) is 10.7. The average Bonchev–Trinajstić information content (AvgIpc) is 3.30. The van der Waals surface area contributed by atoms with E-state index in [1.54, 1.807) is 20.4 Å². The van der Waals surface area contributed by atoms with Crippen LogP contribution in [-0.4, -0.2) is 58.9 Å². The number of hydrogen-bond acceptors (Lipinski definition) is 5. The van der Waals surface area contributed by atoms with Gasteiger partial charge in [0.15, 0.2) is 0 Å². The number of nitrogens with one attached hydrogen (secondary N) is 2. The maximum absolute atomic E-state index is 12.8. The molecule has 3 aromatic rings. The third-order valence-corrected chi connectivity index (χ3v) is 5.76. The number of pyridine rings is 1. The van der Waals surface area contributed by atoms with E-state index in [4.69, 9.17) is 9.72 Å². The molecule has 1 aliphatic heterocycles. The Labute approximate surface area is 187 Å². The monoisotopic (exact) mass is 433 g/mol. The van der Waals surface area contributed by atoms with Gasteiger partial charge in [0.05, 0.1) is 13.5 Å². The molecule has 0 bridgehead atoms. The summed E-state index contributed by atoms with van der Waals surface area (Å²) in [4.78, 5) is 39.5. The van der Waals surface area contributed by atoms with E-state index in [9.17, 15) is 9.59 Å². The van der Waals surface area contributed by atoms with E-state index in [0.29, 0.717) is 17.9 Å². The lowest BCUT2D eigenvalue weighted by molar-refractivity contribution is -0.131. The minimum Gasteiger partial charge on any atom is -0.497 e. The quantitative estimate of drug-likeness (QED) is 0.623. The Morgan fingerprint density at radius 3 is 2.72 bits per heavy atom. The van der Waals surface area contributed by atoms with Crippen LogP contribution in [-0.2, 0) is 11.2 Å². The Bertz CT molecular complexity index is 1080. The van der Waals surface area contributed by atoms with Crippen molar-refractivity contribution < 1.29 is 14.3 Å². The molecule has 8 heteroatoms. The van der Waals surface area contributed by atoms with Crippen LogP contribution in [0.4, 0.5) is 0 Å². The van der Waals surface area contributed by atoms with Crippen molar-refractivity contribution in [2.45, 2.75) is 25.2 Å². The summed E-state index contributed by atoms with van der Waals surface area (Å²) in [5.74, 6) is 1.33. The Kier molecular flexibility index (Phi) is 6.49. The molecule has 0 spiro atoms. The number of H-pyrrole nitrogens is 1. The zero-order chi connectivity index (χ0) is 22.5. The summed E-state index contributed by atoms with van der Waals surface area (Å²) in [6.07, 6.45) is 3.76. The summed E-state index contributed by atoms with van der Waals surface area (Å²) in [6, 6.07) is 13.0. The van der Waals surface area contributed by atoms with Crippen LogP contribution < -0.4 is 10.1 Å². The molecule has 1 aliphatic rings. The molecule has 2 amide bonds. The second-order valence-electron chi connectivity index (χ2n) is 7.83. The molecular formula is C24H27N5O3. The van der Waals surface area contributed by atoms with Crippen molar-refractivity contribution in [1.82, 2.24) is 25.2 Å². The van der Waals surface area contributed by atoms with E-state index < -0.39 is 0 Å². The summed E-state index contributed by atoms with van der Waals surface area (Å²) >= 11 is 0. The number of piperidine rings is 1. The fraction of sp³-hybridized carbons (Fsp3) is 0.333. The molecule has 2 N–H and O–H groups in total. The molecule has 3 heterocycles. The van der Waals surface area contributed by atoms with E-state index in [1.165, 1.54) is 0 Å². The first kappa shape index (κ1) is 21.5. The molecule has 1 saturated heterocycles. The van der Waals surface area contributed by atoms with Crippen molar-refractivity contribution in [1.29, 1.82) is 0 Å². The highest BCUT2D eigenvalue weighted by molar-refractivity contribution is 5.98. The Balaban J connectivity index is 1.56. The largest absolute Gasteiger partial charge is 0.497 e. The van der Waals surface area contributed by atoms with Gasteiger partial charge in [-0.2, -0.15) is 0 Å². The fourth-order valence-corrected chi connectivity index (χ4v) is 4.03. The van der Waals surface area contributed by atoms with Crippen molar-refractivity contribution in [3.05, 3.63) is 65.9 Å². The van der Waals surface area contributed by atoms with Gasteiger partial charge in [0.25, 0.3) is 5.91 Å². The maximum atomic E-state index is 12.8. The number of ether oxygens (including phenoxy) is 1. The molecule has 0 saturated carbocycles. The molecule has 1 aromatic carbocycles. The minimum atomic E-state index is -0.228. The lowest BCUT2D eigenvalue weighted by Gasteiger charge is -2.32. The number of imidazole rings is 1. The number of aromatic nitrogens is 3. The number of amides is 2. The predicted molar refractivity (Wildman–Crippen MR) is 120 cm³/mol. The van der Waals surface area contributed by atoms with Crippen molar-refractivity contribution in [3.63, 3.8) is 0 Å². The maximum Gasteiger partial charge on any atom is 0.269 e. The van der Waals surface area contributed by atoms with Crippen LogP contribution >= 0.6 is 0 Å². The standard InChI is InChI=1S/C24H27N5O3/c1-25-24(31)22-21(16-8-10-19(32-2)11-9-16)27-23(28-22)17-6-5-13-29(15-17)20(30)14-18-7-3-4-12-26-18/h3-4,7-12,17H,5-6,13-15H2,1-2H3,(H,25,31)(H,27,28). The number of aromatic amines is 1. The summed E-state index contributed by atoms with van der Waals surface area (Å²) in [5, 5.41) is 2.68. The number of carbonyl (C=O) groups is 2. The van der Waals surface area contributed by atoms with Gasteiger partial charge in [0.2, 0.25) is 5.91 Å². The zero-order valence-electron chi connectivity index (χ0n) is 18.3. The molecule has 8 nitrogen and oxygen atoms in total. The second kappa shape index (κ2) is 9.64. The van der Waals surface area contributed by atoms with Gasteiger partial charge in [-0.3, -0.25) is 14.6 Å². The molecule has 0 aliphatic carbocycles. The average molecular weight is 434 g/mol. The highest BCUT2D eigenvalue weighted by Gasteiger charge is 2.29. The van der Waals surface area contributed by atoms with Crippen LogP contribution in [0.2, 0.25) is 0 Å². The van der Waals surface area contributed by atoms with Crippen molar-refractivity contribution in [2.75, 3.05) is 27.2 Å². The number of benzene rings is 1. The van der Waals surface area contributed by atoms with Crippen LogP contribution in [0.25, 0.3) is 11.3 Å². The Morgan fingerprint density at radius 1 is 1.22 bits per heavy atom. The summed E-state index contributed by atoms with van der Waals surface area (Å²) in [7, 11) is 3.21. The summed E-state index contributed by atoms with van der Waals surface area (Å²) in [6.45, 7) is 1.28. The van der Waals surface area contributed by atoms with E-state index >= 15 is 0 Å². The van der Waals surface area contributed by atoms with Gasteiger partial charge in [-0.1, -0.05) is 6.07 Å². The first-order valence-electron chi connectivity index (χ1n) is 10.7. The van der Waals surface area contributed by atoms with Gasteiger partial charge >= 0.3 is 0 Å². The van der Waals surface area contributed by atoms with Crippen molar-refractivity contribution in [3.8, 4) is 17.0 Å². The minimum absolute atomic E-state index is 0.0341. The van der Waals surface area contributed by atoms with Gasteiger partial charge in [-0.25, -0.2) is 4.98 Å². The SMILES string of the molecule is CNC(=O)c1[nH]c(C2CCCN(C(=O)Cc3ccccn3)C2)nc1-c1ccc(OC)cc1. The van der Waals surface area contributed by atoms with Gasteiger partial charge in [0, 0.05) is 43.5 Å². The third-order valence-electron chi connectivity index (χ3n) is 5.76. The summed E-state index contributed by atoms with van der Waals surface area (Å²) < 4.78 is 5.23. The molecule has 32 heavy (non-hydrogen) atoms. The van der Waals surface area contributed by atoms with E-state index in [2.05, 4.69) is 15.3 Å². The van der Waals surface area contributed by atoms with E-state index in [1.807, 2.05) is 47.4 Å². The second-order valence-corrected chi connectivity index (χ2v) is 7.83. The molecule has 0 radical (unpaired) electrons. The predicted octanol–water partition coefficient (Wildman–Crippen LogP) is 2.79. The number of likely N-dealkylation sites (tertiary alicyclic amines) is 1. The van der Waals surface area contributed by atoms with Crippen molar-refractivity contribution in [2.24, 2.45) is 0 Å². The molecular weight excluding hydrogens is 406 g/mol. The molecule has 1 fully saturated rings. The van der Waals surface area contributed by atoms with E-state index in [-0.39, 0.29) is 24.2 Å². The number of nitrogens with zero attached hydrogens (tertiary/aromatic N) is 3. The highest BCUT2D eigenvalue weighted by atomic mass is 16.5.